The minimum absolute atomic E-state index is 0.495. The Kier molecular flexibility index (Phi) is 3.37. The van der Waals surface area contributed by atoms with Crippen molar-refractivity contribution in [2.45, 2.75) is 24.9 Å². The summed E-state index contributed by atoms with van der Waals surface area (Å²) in [5, 5.41) is 13.5. The lowest BCUT2D eigenvalue weighted by Crippen LogP contribution is -2.44. The predicted molar refractivity (Wildman–Crippen MR) is 72.6 cm³/mol. The maximum absolute atomic E-state index is 10.1. The van der Waals surface area contributed by atoms with Gasteiger partial charge >= 0.3 is 0 Å². The molecular weight excluding hydrogens is 224 g/mol. The van der Waals surface area contributed by atoms with E-state index >= 15 is 0 Å². The summed E-state index contributed by atoms with van der Waals surface area (Å²) >= 11 is 0. The largest absolute Gasteiger partial charge is 0.385 e. The van der Waals surface area contributed by atoms with Crippen LogP contribution in [0.3, 0.4) is 0 Å². The normalized spacial score (nSPS) is 22.9. The summed E-state index contributed by atoms with van der Waals surface area (Å²) < 4.78 is 0. The zero-order valence-corrected chi connectivity index (χ0v) is 10.9. The molecule has 0 radical (unpaired) electrons. The van der Waals surface area contributed by atoms with Crippen LogP contribution in [0.4, 0.5) is 0 Å². The Bertz CT molecular complexity index is 409. The molecule has 2 N–H and O–H groups in total. The summed E-state index contributed by atoms with van der Waals surface area (Å²) in [5.74, 6) is 0. The number of benzene rings is 1. The van der Waals surface area contributed by atoms with Gasteiger partial charge in [0, 0.05) is 32.7 Å². The van der Waals surface area contributed by atoms with Gasteiger partial charge in [0.1, 0.15) is 0 Å². The molecule has 1 saturated heterocycles. The highest BCUT2D eigenvalue weighted by molar-refractivity contribution is 5.31. The van der Waals surface area contributed by atoms with Gasteiger partial charge in [0.25, 0.3) is 0 Å². The van der Waals surface area contributed by atoms with E-state index < -0.39 is 5.60 Å². The van der Waals surface area contributed by atoms with E-state index in [1.54, 1.807) is 0 Å². The lowest BCUT2D eigenvalue weighted by atomic mass is 10.0. The molecule has 3 heteroatoms. The van der Waals surface area contributed by atoms with Gasteiger partial charge in [0.05, 0.1) is 5.60 Å². The smallest absolute Gasteiger partial charge is 0.0899 e. The average molecular weight is 246 g/mol. The standard InChI is InChI=1S/C15H22N2O/c18-15(5-6-15)14-3-1-2-13(12-14)4-9-17-10-7-16-8-11-17/h1-3,12,16,18H,4-11H2. The monoisotopic (exact) mass is 246 g/mol. The van der Waals surface area contributed by atoms with Crippen molar-refractivity contribution in [2.75, 3.05) is 32.7 Å². The Labute approximate surface area is 109 Å². The predicted octanol–water partition coefficient (Wildman–Crippen LogP) is 1.12. The molecule has 0 spiro atoms. The maximum atomic E-state index is 10.1. The SMILES string of the molecule is OC1(c2cccc(CCN3CCNCC3)c2)CC1. The van der Waals surface area contributed by atoms with Gasteiger partial charge in [-0.25, -0.2) is 0 Å². The van der Waals surface area contributed by atoms with Gasteiger partial charge < -0.3 is 15.3 Å². The molecule has 0 atom stereocenters. The van der Waals surface area contributed by atoms with Crippen LogP contribution in [-0.4, -0.2) is 42.7 Å². The lowest BCUT2D eigenvalue weighted by molar-refractivity contribution is 0.151. The summed E-state index contributed by atoms with van der Waals surface area (Å²) in [6.07, 6.45) is 2.94. The van der Waals surface area contributed by atoms with E-state index in [1.807, 2.05) is 0 Å². The third kappa shape index (κ3) is 2.74. The number of nitrogens with zero attached hydrogens (tertiary/aromatic N) is 1. The molecule has 0 unspecified atom stereocenters. The molecule has 1 aromatic rings. The van der Waals surface area contributed by atoms with Crippen LogP contribution in [-0.2, 0) is 12.0 Å². The van der Waals surface area contributed by atoms with Gasteiger partial charge in [-0.05, 0) is 30.4 Å². The molecular formula is C15H22N2O. The molecule has 2 fully saturated rings. The summed E-state index contributed by atoms with van der Waals surface area (Å²) in [6, 6.07) is 8.51. The Balaban J connectivity index is 1.58. The summed E-state index contributed by atoms with van der Waals surface area (Å²) in [7, 11) is 0. The molecule has 1 heterocycles. The number of hydrogen-bond donors (Lipinski definition) is 2. The maximum Gasteiger partial charge on any atom is 0.0899 e. The highest BCUT2D eigenvalue weighted by Gasteiger charge is 2.41. The van der Waals surface area contributed by atoms with E-state index in [1.165, 1.54) is 5.56 Å². The fourth-order valence-corrected chi connectivity index (χ4v) is 2.65. The van der Waals surface area contributed by atoms with Gasteiger partial charge in [-0.3, -0.25) is 0 Å². The number of aliphatic hydroxyl groups is 1. The second kappa shape index (κ2) is 5.00. The van der Waals surface area contributed by atoms with Crippen LogP contribution >= 0.6 is 0 Å². The molecule has 3 rings (SSSR count). The van der Waals surface area contributed by atoms with E-state index in [9.17, 15) is 5.11 Å². The van der Waals surface area contributed by atoms with Crippen molar-refractivity contribution >= 4 is 0 Å². The molecule has 1 aliphatic carbocycles. The zero-order chi connectivity index (χ0) is 12.4. The molecule has 0 amide bonds. The van der Waals surface area contributed by atoms with Crippen LogP contribution in [0.5, 0.6) is 0 Å². The molecule has 1 aliphatic heterocycles. The second-order valence-corrected chi connectivity index (χ2v) is 5.57. The average Bonchev–Trinajstić information content (AvgIpc) is 3.17. The van der Waals surface area contributed by atoms with Gasteiger partial charge in [0.2, 0.25) is 0 Å². The first-order valence-corrected chi connectivity index (χ1v) is 7.01. The Morgan fingerprint density at radius 1 is 1.22 bits per heavy atom. The van der Waals surface area contributed by atoms with Crippen molar-refractivity contribution < 1.29 is 5.11 Å². The third-order valence-corrected chi connectivity index (χ3v) is 4.11. The lowest BCUT2D eigenvalue weighted by Gasteiger charge is -2.27. The van der Waals surface area contributed by atoms with E-state index in [2.05, 4.69) is 34.5 Å². The first kappa shape index (κ1) is 12.2. The summed E-state index contributed by atoms with van der Waals surface area (Å²) in [4.78, 5) is 2.51. The van der Waals surface area contributed by atoms with Crippen molar-refractivity contribution in [3.63, 3.8) is 0 Å². The number of nitrogens with one attached hydrogen (secondary N) is 1. The molecule has 3 nitrogen and oxygen atoms in total. The van der Waals surface area contributed by atoms with E-state index in [-0.39, 0.29) is 0 Å². The van der Waals surface area contributed by atoms with Crippen LogP contribution in [0.25, 0.3) is 0 Å². The number of hydrogen-bond acceptors (Lipinski definition) is 3. The zero-order valence-electron chi connectivity index (χ0n) is 10.9. The topological polar surface area (TPSA) is 35.5 Å². The Morgan fingerprint density at radius 2 is 2.00 bits per heavy atom. The van der Waals surface area contributed by atoms with Gasteiger partial charge in [-0.15, -0.1) is 0 Å². The number of rotatable bonds is 4. The minimum Gasteiger partial charge on any atom is -0.385 e. The number of piperazine rings is 1. The minimum atomic E-state index is -0.495. The quantitative estimate of drug-likeness (QED) is 0.835. The molecule has 1 aromatic carbocycles. The van der Waals surface area contributed by atoms with Gasteiger partial charge in [-0.2, -0.15) is 0 Å². The van der Waals surface area contributed by atoms with Crippen LogP contribution < -0.4 is 5.32 Å². The van der Waals surface area contributed by atoms with Gasteiger partial charge in [-0.1, -0.05) is 24.3 Å². The Morgan fingerprint density at radius 3 is 2.72 bits per heavy atom. The molecule has 98 valence electrons. The van der Waals surface area contributed by atoms with Crippen LogP contribution in [0.1, 0.15) is 24.0 Å². The van der Waals surface area contributed by atoms with Crippen LogP contribution in [0, 0.1) is 0 Å². The van der Waals surface area contributed by atoms with E-state index in [4.69, 9.17) is 0 Å². The fourth-order valence-electron chi connectivity index (χ4n) is 2.65. The summed E-state index contributed by atoms with van der Waals surface area (Å²) in [6.45, 7) is 5.66. The molecule has 0 bridgehead atoms. The van der Waals surface area contributed by atoms with E-state index in [0.29, 0.717) is 0 Å². The van der Waals surface area contributed by atoms with Crippen LogP contribution in [0.2, 0.25) is 0 Å². The molecule has 1 saturated carbocycles. The summed E-state index contributed by atoms with van der Waals surface area (Å²) in [5.41, 5.74) is 1.97. The first-order valence-electron chi connectivity index (χ1n) is 7.01. The van der Waals surface area contributed by atoms with Crippen molar-refractivity contribution in [1.82, 2.24) is 10.2 Å². The third-order valence-electron chi connectivity index (χ3n) is 4.11. The van der Waals surface area contributed by atoms with Gasteiger partial charge in [0.15, 0.2) is 0 Å². The van der Waals surface area contributed by atoms with E-state index in [0.717, 1.165) is 57.5 Å². The van der Waals surface area contributed by atoms with Crippen molar-refractivity contribution in [2.24, 2.45) is 0 Å². The Hall–Kier alpha value is -0.900. The molecule has 18 heavy (non-hydrogen) atoms. The fraction of sp³-hybridized carbons (Fsp3) is 0.600. The highest BCUT2D eigenvalue weighted by atomic mass is 16.3. The molecule has 0 aromatic heterocycles. The van der Waals surface area contributed by atoms with Crippen LogP contribution in [0.15, 0.2) is 24.3 Å². The first-order chi connectivity index (χ1) is 8.76. The van der Waals surface area contributed by atoms with Crippen molar-refractivity contribution in [3.05, 3.63) is 35.4 Å². The second-order valence-electron chi connectivity index (χ2n) is 5.57. The van der Waals surface area contributed by atoms with Crippen molar-refractivity contribution in [1.29, 1.82) is 0 Å². The van der Waals surface area contributed by atoms with Crippen molar-refractivity contribution in [3.8, 4) is 0 Å². The highest BCUT2D eigenvalue weighted by Crippen LogP contribution is 2.45. The molecule has 2 aliphatic rings.